The van der Waals surface area contributed by atoms with E-state index in [4.69, 9.17) is 0 Å². The summed E-state index contributed by atoms with van der Waals surface area (Å²) < 4.78 is 13.1. The SMILES string of the molecule is O=[N+]([O-])c1ccc(F)cc1NCC1CCCC(O)C1. The van der Waals surface area contributed by atoms with Crippen molar-refractivity contribution in [1.82, 2.24) is 0 Å². The molecule has 0 saturated heterocycles. The molecule has 2 unspecified atom stereocenters. The number of nitro benzene ring substituents is 1. The molecule has 0 heterocycles. The Labute approximate surface area is 110 Å². The summed E-state index contributed by atoms with van der Waals surface area (Å²) in [6.07, 6.45) is 3.15. The van der Waals surface area contributed by atoms with E-state index in [1.165, 1.54) is 0 Å². The predicted octanol–water partition coefficient (Wildman–Crippen LogP) is 2.70. The van der Waals surface area contributed by atoms with Crippen LogP contribution in [0.15, 0.2) is 18.2 Å². The van der Waals surface area contributed by atoms with Gasteiger partial charge in [0.2, 0.25) is 0 Å². The van der Waals surface area contributed by atoms with Crippen LogP contribution in [-0.2, 0) is 0 Å². The summed E-state index contributed by atoms with van der Waals surface area (Å²) in [5.41, 5.74) is 0.0721. The number of benzene rings is 1. The van der Waals surface area contributed by atoms with E-state index in [9.17, 15) is 19.6 Å². The molecule has 0 aliphatic heterocycles. The fourth-order valence-electron chi connectivity index (χ4n) is 2.51. The van der Waals surface area contributed by atoms with Gasteiger partial charge in [-0.05, 0) is 31.2 Å². The average molecular weight is 268 g/mol. The van der Waals surface area contributed by atoms with Crippen molar-refractivity contribution in [2.24, 2.45) is 5.92 Å². The van der Waals surface area contributed by atoms with Gasteiger partial charge >= 0.3 is 0 Å². The molecular formula is C13H17FN2O3. The van der Waals surface area contributed by atoms with Crippen LogP contribution in [0.4, 0.5) is 15.8 Å². The predicted molar refractivity (Wildman–Crippen MR) is 69.5 cm³/mol. The van der Waals surface area contributed by atoms with Gasteiger partial charge in [0, 0.05) is 18.7 Å². The zero-order valence-corrected chi connectivity index (χ0v) is 10.5. The lowest BCUT2D eigenvalue weighted by atomic mass is 9.87. The van der Waals surface area contributed by atoms with Crippen LogP contribution >= 0.6 is 0 Å². The molecule has 0 radical (unpaired) electrons. The van der Waals surface area contributed by atoms with Crippen molar-refractivity contribution < 1.29 is 14.4 Å². The first-order chi connectivity index (χ1) is 9.06. The number of nitrogens with zero attached hydrogens (tertiary/aromatic N) is 1. The van der Waals surface area contributed by atoms with Gasteiger partial charge in [0.15, 0.2) is 0 Å². The molecule has 6 heteroatoms. The summed E-state index contributed by atoms with van der Waals surface area (Å²) in [6.45, 7) is 0.515. The van der Waals surface area contributed by atoms with Gasteiger partial charge in [-0.15, -0.1) is 0 Å². The van der Waals surface area contributed by atoms with Gasteiger partial charge < -0.3 is 10.4 Å². The highest BCUT2D eigenvalue weighted by atomic mass is 19.1. The number of aliphatic hydroxyl groups excluding tert-OH is 1. The van der Waals surface area contributed by atoms with Crippen molar-refractivity contribution in [1.29, 1.82) is 0 Å². The highest BCUT2D eigenvalue weighted by Gasteiger charge is 2.21. The second-order valence-corrected chi connectivity index (χ2v) is 4.99. The second-order valence-electron chi connectivity index (χ2n) is 4.99. The number of halogens is 1. The van der Waals surface area contributed by atoms with Crippen molar-refractivity contribution in [3.05, 3.63) is 34.1 Å². The van der Waals surface area contributed by atoms with Crippen LogP contribution in [0.25, 0.3) is 0 Å². The summed E-state index contributed by atoms with van der Waals surface area (Å²) in [4.78, 5) is 10.3. The number of nitrogens with one attached hydrogen (secondary N) is 1. The van der Waals surface area contributed by atoms with Crippen LogP contribution in [0.5, 0.6) is 0 Å². The zero-order valence-electron chi connectivity index (χ0n) is 10.5. The number of aliphatic hydroxyl groups is 1. The lowest BCUT2D eigenvalue weighted by Gasteiger charge is -2.26. The largest absolute Gasteiger partial charge is 0.393 e. The second kappa shape index (κ2) is 5.97. The molecule has 1 aliphatic rings. The van der Waals surface area contributed by atoms with E-state index >= 15 is 0 Å². The number of anilines is 1. The summed E-state index contributed by atoms with van der Waals surface area (Å²) in [7, 11) is 0. The Morgan fingerprint density at radius 3 is 2.95 bits per heavy atom. The van der Waals surface area contributed by atoms with E-state index in [0.717, 1.165) is 37.5 Å². The Kier molecular flexibility index (Phi) is 4.31. The molecule has 2 rings (SSSR count). The highest BCUT2D eigenvalue weighted by Crippen LogP contribution is 2.28. The first kappa shape index (κ1) is 13.7. The lowest BCUT2D eigenvalue weighted by molar-refractivity contribution is -0.384. The van der Waals surface area contributed by atoms with Crippen LogP contribution in [0, 0.1) is 21.8 Å². The molecule has 5 nitrogen and oxygen atoms in total. The van der Waals surface area contributed by atoms with Crippen molar-refractivity contribution in [2.75, 3.05) is 11.9 Å². The first-order valence-electron chi connectivity index (χ1n) is 6.42. The normalized spacial score (nSPS) is 23.1. The molecule has 1 aliphatic carbocycles. The van der Waals surface area contributed by atoms with E-state index in [0.29, 0.717) is 13.0 Å². The van der Waals surface area contributed by atoms with Gasteiger partial charge in [-0.3, -0.25) is 10.1 Å². The molecule has 2 N–H and O–H groups in total. The van der Waals surface area contributed by atoms with Crippen LogP contribution in [0.1, 0.15) is 25.7 Å². The summed E-state index contributed by atoms with van der Waals surface area (Å²) in [5.74, 6) is -0.233. The lowest BCUT2D eigenvalue weighted by Crippen LogP contribution is -2.25. The molecule has 0 bridgehead atoms. The third-order valence-electron chi connectivity index (χ3n) is 3.49. The Morgan fingerprint density at radius 2 is 2.26 bits per heavy atom. The number of nitro groups is 1. The van der Waals surface area contributed by atoms with E-state index < -0.39 is 10.7 Å². The van der Waals surface area contributed by atoms with E-state index in [1.54, 1.807) is 0 Å². The fourth-order valence-corrected chi connectivity index (χ4v) is 2.51. The summed E-state index contributed by atoms with van der Waals surface area (Å²) >= 11 is 0. The Bertz CT molecular complexity index is 467. The fraction of sp³-hybridized carbons (Fsp3) is 0.538. The Balaban J connectivity index is 2.02. The van der Waals surface area contributed by atoms with Crippen LogP contribution in [0.2, 0.25) is 0 Å². The van der Waals surface area contributed by atoms with Crippen LogP contribution in [0.3, 0.4) is 0 Å². The van der Waals surface area contributed by atoms with Crippen LogP contribution in [-0.4, -0.2) is 22.7 Å². The number of hydrogen-bond acceptors (Lipinski definition) is 4. The maximum absolute atomic E-state index is 13.1. The maximum atomic E-state index is 13.1. The average Bonchev–Trinajstić information content (AvgIpc) is 2.36. The molecule has 0 amide bonds. The molecule has 1 saturated carbocycles. The minimum absolute atomic E-state index is 0.127. The molecule has 0 aromatic heterocycles. The first-order valence-corrected chi connectivity index (χ1v) is 6.42. The Morgan fingerprint density at radius 1 is 1.47 bits per heavy atom. The maximum Gasteiger partial charge on any atom is 0.292 e. The summed E-state index contributed by atoms with van der Waals surface area (Å²) in [6, 6.07) is 3.37. The van der Waals surface area contributed by atoms with Crippen molar-refractivity contribution >= 4 is 11.4 Å². The third kappa shape index (κ3) is 3.64. The molecule has 1 aromatic rings. The van der Waals surface area contributed by atoms with Gasteiger partial charge in [0.05, 0.1) is 11.0 Å². The Hall–Kier alpha value is -1.69. The number of hydrogen-bond donors (Lipinski definition) is 2. The third-order valence-corrected chi connectivity index (χ3v) is 3.49. The van der Waals surface area contributed by atoms with Gasteiger partial charge in [-0.1, -0.05) is 6.42 Å². The monoisotopic (exact) mass is 268 g/mol. The van der Waals surface area contributed by atoms with Crippen molar-refractivity contribution in [3.63, 3.8) is 0 Å². The van der Waals surface area contributed by atoms with E-state index in [-0.39, 0.29) is 23.4 Å². The van der Waals surface area contributed by atoms with Gasteiger partial charge in [0.1, 0.15) is 11.5 Å². The van der Waals surface area contributed by atoms with Gasteiger partial charge in [-0.25, -0.2) is 4.39 Å². The molecule has 104 valence electrons. The smallest absolute Gasteiger partial charge is 0.292 e. The standard InChI is InChI=1S/C13H17FN2O3/c14-10-4-5-13(16(18)19)12(7-10)15-8-9-2-1-3-11(17)6-9/h4-5,7,9,11,15,17H,1-3,6,8H2. The minimum Gasteiger partial charge on any atom is -0.393 e. The van der Waals surface area contributed by atoms with E-state index in [1.807, 2.05) is 0 Å². The number of rotatable bonds is 4. The highest BCUT2D eigenvalue weighted by molar-refractivity contribution is 5.61. The molecule has 1 fully saturated rings. The summed E-state index contributed by atoms with van der Waals surface area (Å²) in [5, 5.41) is 23.3. The van der Waals surface area contributed by atoms with Gasteiger partial charge in [0.25, 0.3) is 5.69 Å². The molecular weight excluding hydrogens is 251 g/mol. The quantitative estimate of drug-likeness (QED) is 0.650. The molecule has 19 heavy (non-hydrogen) atoms. The topological polar surface area (TPSA) is 75.4 Å². The zero-order chi connectivity index (χ0) is 13.8. The van der Waals surface area contributed by atoms with E-state index in [2.05, 4.69) is 5.32 Å². The minimum atomic E-state index is -0.530. The molecule has 0 spiro atoms. The molecule has 2 atom stereocenters. The molecule has 1 aromatic carbocycles. The van der Waals surface area contributed by atoms with Crippen molar-refractivity contribution in [2.45, 2.75) is 31.8 Å². The van der Waals surface area contributed by atoms with Gasteiger partial charge in [-0.2, -0.15) is 0 Å². The van der Waals surface area contributed by atoms with Crippen LogP contribution < -0.4 is 5.32 Å². The van der Waals surface area contributed by atoms with Crippen molar-refractivity contribution in [3.8, 4) is 0 Å².